The minimum atomic E-state index is -0.144. The van der Waals surface area contributed by atoms with E-state index < -0.39 is 0 Å². The molecule has 0 saturated carbocycles. The highest BCUT2D eigenvalue weighted by molar-refractivity contribution is 5.80. The lowest BCUT2D eigenvalue weighted by Crippen LogP contribution is -2.30. The minimum Gasteiger partial charge on any atom is -0.497 e. The molecule has 0 atom stereocenters. The van der Waals surface area contributed by atoms with E-state index in [0.717, 1.165) is 11.3 Å². The Morgan fingerprint density at radius 1 is 1.14 bits per heavy atom. The van der Waals surface area contributed by atoms with Gasteiger partial charge in [0.15, 0.2) is 0 Å². The predicted molar refractivity (Wildman–Crippen MR) is 107 cm³/mol. The first-order valence-electron chi connectivity index (χ1n) is 9.07. The molecule has 0 aliphatic heterocycles. The summed E-state index contributed by atoms with van der Waals surface area (Å²) in [7, 11) is 1.61. The Bertz CT molecular complexity index is 1010. The van der Waals surface area contributed by atoms with Crippen LogP contribution in [0.3, 0.4) is 0 Å². The highest BCUT2D eigenvalue weighted by atomic mass is 16.5. The van der Waals surface area contributed by atoms with Crippen LogP contribution in [0.2, 0.25) is 0 Å². The van der Waals surface area contributed by atoms with E-state index in [1.54, 1.807) is 13.2 Å². The van der Waals surface area contributed by atoms with Crippen LogP contribution in [0.15, 0.2) is 53.6 Å². The Balaban J connectivity index is 1.46. The number of aryl methyl sites for hydroxylation is 2. The fourth-order valence-corrected chi connectivity index (χ4v) is 2.84. The third kappa shape index (κ3) is 4.68. The van der Waals surface area contributed by atoms with Crippen LogP contribution in [0.25, 0.3) is 10.9 Å². The highest BCUT2D eigenvalue weighted by Crippen LogP contribution is 2.16. The van der Waals surface area contributed by atoms with E-state index in [4.69, 9.17) is 9.47 Å². The lowest BCUT2D eigenvalue weighted by molar-refractivity contribution is -0.121. The summed E-state index contributed by atoms with van der Waals surface area (Å²) in [6, 6.07) is 12.7. The van der Waals surface area contributed by atoms with Gasteiger partial charge in [-0.2, -0.15) is 0 Å². The smallest absolute Gasteiger partial charge is 0.261 e. The molecule has 0 saturated heterocycles. The third-order valence-electron chi connectivity index (χ3n) is 4.39. The van der Waals surface area contributed by atoms with Gasteiger partial charge in [0.05, 0.1) is 30.9 Å². The van der Waals surface area contributed by atoms with E-state index in [2.05, 4.69) is 10.3 Å². The van der Waals surface area contributed by atoms with Gasteiger partial charge in [-0.05, 0) is 42.8 Å². The van der Waals surface area contributed by atoms with Crippen LogP contribution in [0.1, 0.15) is 12.0 Å². The summed E-state index contributed by atoms with van der Waals surface area (Å²) in [5.41, 5.74) is 1.52. The Labute approximate surface area is 162 Å². The number of aromatic nitrogens is 2. The summed E-state index contributed by atoms with van der Waals surface area (Å²) in [6.07, 6.45) is 1.69. The summed E-state index contributed by atoms with van der Waals surface area (Å²) >= 11 is 0. The number of hydrogen-bond acceptors (Lipinski definition) is 5. The van der Waals surface area contributed by atoms with Crippen molar-refractivity contribution in [3.63, 3.8) is 0 Å². The van der Waals surface area contributed by atoms with E-state index in [9.17, 15) is 9.59 Å². The number of amides is 1. The summed E-state index contributed by atoms with van der Waals surface area (Å²) in [5.74, 6) is 1.32. The fourth-order valence-electron chi connectivity index (χ4n) is 2.84. The average Bonchev–Trinajstić information content (AvgIpc) is 2.72. The Morgan fingerprint density at radius 3 is 2.64 bits per heavy atom. The molecule has 7 heteroatoms. The third-order valence-corrected chi connectivity index (χ3v) is 4.39. The fraction of sp³-hybridized carbons (Fsp3) is 0.286. The van der Waals surface area contributed by atoms with E-state index >= 15 is 0 Å². The van der Waals surface area contributed by atoms with E-state index in [1.165, 1.54) is 10.9 Å². The van der Waals surface area contributed by atoms with Gasteiger partial charge in [-0.3, -0.25) is 14.2 Å². The molecule has 3 rings (SSSR count). The van der Waals surface area contributed by atoms with Crippen LogP contribution in [-0.4, -0.2) is 35.7 Å². The number of nitrogens with zero attached hydrogens (tertiary/aromatic N) is 2. The molecule has 28 heavy (non-hydrogen) atoms. The summed E-state index contributed by atoms with van der Waals surface area (Å²) in [6.45, 7) is 2.94. The molecule has 0 bridgehead atoms. The van der Waals surface area contributed by atoms with Crippen molar-refractivity contribution in [2.45, 2.75) is 19.9 Å². The number of carbonyl (C=O) groups is 1. The average molecular weight is 381 g/mol. The molecule has 0 aliphatic rings. The van der Waals surface area contributed by atoms with Crippen molar-refractivity contribution >= 4 is 16.8 Å². The number of hydrogen-bond donors (Lipinski definition) is 1. The first-order chi connectivity index (χ1) is 13.6. The molecule has 3 aromatic rings. The van der Waals surface area contributed by atoms with Gasteiger partial charge < -0.3 is 14.8 Å². The maximum atomic E-state index is 12.5. The van der Waals surface area contributed by atoms with Crippen LogP contribution in [0.4, 0.5) is 0 Å². The van der Waals surface area contributed by atoms with E-state index in [-0.39, 0.29) is 24.4 Å². The van der Waals surface area contributed by atoms with E-state index in [0.29, 0.717) is 29.8 Å². The van der Waals surface area contributed by atoms with Crippen molar-refractivity contribution in [3.05, 3.63) is 64.7 Å². The van der Waals surface area contributed by atoms with Crippen molar-refractivity contribution < 1.29 is 14.3 Å². The molecule has 7 nitrogen and oxygen atoms in total. The second-order valence-corrected chi connectivity index (χ2v) is 6.34. The molecular weight excluding hydrogens is 358 g/mol. The van der Waals surface area contributed by atoms with Crippen LogP contribution in [0, 0.1) is 6.92 Å². The number of nitrogens with one attached hydrogen (secondary N) is 1. The van der Waals surface area contributed by atoms with Crippen LogP contribution < -0.4 is 20.3 Å². The monoisotopic (exact) mass is 381 g/mol. The van der Waals surface area contributed by atoms with Crippen molar-refractivity contribution in [1.82, 2.24) is 14.9 Å². The topological polar surface area (TPSA) is 82.4 Å². The van der Waals surface area contributed by atoms with Crippen molar-refractivity contribution in [2.75, 3.05) is 20.3 Å². The molecule has 0 aliphatic carbocycles. The number of fused-ring (bicyclic) bond motifs is 1. The number of carbonyl (C=O) groups excluding carboxylic acids is 1. The molecule has 1 aromatic heterocycles. The van der Waals surface area contributed by atoms with Gasteiger partial charge in [-0.25, -0.2) is 4.98 Å². The quantitative estimate of drug-likeness (QED) is 0.606. The number of ether oxygens (including phenoxy) is 2. The molecule has 2 aromatic carbocycles. The first-order valence-corrected chi connectivity index (χ1v) is 9.07. The molecule has 0 unspecified atom stereocenters. The zero-order valence-corrected chi connectivity index (χ0v) is 16.0. The second kappa shape index (κ2) is 9.03. The first kappa shape index (κ1) is 19.4. The molecule has 0 spiro atoms. The van der Waals surface area contributed by atoms with Gasteiger partial charge >= 0.3 is 0 Å². The van der Waals surface area contributed by atoms with Gasteiger partial charge in [0.2, 0.25) is 5.91 Å². The van der Waals surface area contributed by atoms with Gasteiger partial charge in [-0.15, -0.1) is 0 Å². The summed E-state index contributed by atoms with van der Waals surface area (Å²) in [4.78, 5) is 28.9. The second-order valence-electron chi connectivity index (χ2n) is 6.34. The SMILES string of the molecule is COc1ccc(OCCNC(=O)CCn2cnc3c(C)cccc3c2=O)cc1. The van der Waals surface area contributed by atoms with Crippen LogP contribution >= 0.6 is 0 Å². The van der Waals surface area contributed by atoms with E-state index in [1.807, 2.05) is 43.3 Å². The molecule has 1 heterocycles. The Morgan fingerprint density at radius 2 is 1.89 bits per heavy atom. The maximum Gasteiger partial charge on any atom is 0.261 e. The number of para-hydroxylation sites is 1. The van der Waals surface area contributed by atoms with Crippen LogP contribution in [0.5, 0.6) is 11.5 Å². The largest absolute Gasteiger partial charge is 0.497 e. The Hall–Kier alpha value is -3.35. The zero-order valence-electron chi connectivity index (χ0n) is 16.0. The molecular formula is C21H23N3O4. The summed E-state index contributed by atoms with van der Waals surface area (Å²) in [5, 5.41) is 3.35. The number of benzene rings is 2. The van der Waals surface area contributed by atoms with Crippen molar-refractivity contribution in [2.24, 2.45) is 0 Å². The van der Waals surface area contributed by atoms with Crippen molar-refractivity contribution in [3.8, 4) is 11.5 Å². The van der Waals surface area contributed by atoms with Crippen LogP contribution in [-0.2, 0) is 11.3 Å². The number of rotatable bonds is 8. The van der Waals surface area contributed by atoms with Gasteiger partial charge in [-0.1, -0.05) is 12.1 Å². The molecule has 1 amide bonds. The predicted octanol–water partition coefficient (Wildman–Crippen LogP) is 2.30. The summed E-state index contributed by atoms with van der Waals surface area (Å²) < 4.78 is 12.1. The standard InChI is InChI=1S/C21H23N3O4/c1-15-4-3-5-18-20(15)23-14-24(21(18)26)12-10-19(25)22-11-13-28-17-8-6-16(27-2)7-9-17/h3-9,14H,10-13H2,1-2H3,(H,22,25). The normalized spacial score (nSPS) is 10.6. The Kier molecular flexibility index (Phi) is 6.26. The lowest BCUT2D eigenvalue weighted by Gasteiger charge is -2.10. The molecule has 146 valence electrons. The minimum absolute atomic E-state index is 0.135. The lowest BCUT2D eigenvalue weighted by atomic mass is 10.1. The molecule has 1 N–H and O–H groups in total. The van der Waals surface area contributed by atoms with Gasteiger partial charge in [0.25, 0.3) is 5.56 Å². The zero-order chi connectivity index (χ0) is 19.9. The van der Waals surface area contributed by atoms with Crippen molar-refractivity contribution in [1.29, 1.82) is 0 Å². The highest BCUT2D eigenvalue weighted by Gasteiger charge is 2.08. The molecule has 0 radical (unpaired) electrons. The molecule has 0 fully saturated rings. The van der Waals surface area contributed by atoms with Gasteiger partial charge in [0.1, 0.15) is 18.1 Å². The maximum absolute atomic E-state index is 12.5. The van der Waals surface area contributed by atoms with Gasteiger partial charge in [0, 0.05) is 13.0 Å². The number of methoxy groups -OCH3 is 1.